The Morgan fingerprint density at radius 1 is 1.44 bits per heavy atom. The first-order valence-electron chi connectivity index (χ1n) is 6.07. The summed E-state index contributed by atoms with van der Waals surface area (Å²) in [6.07, 6.45) is 5.52. The van der Waals surface area contributed by atoms with E-state index in [0.29, 0.717) is 6.54 Å². The third kappa shape index (κ3) is 2.49. The van der Waals surface area contributed by atoms with Crippen molar-refractivity contribution in [3.63, 3.8) is 0 Å². The second kappa shape index (κ2) is 5.67. The number of aromatic nitrogens is 4. The lowest BCUT2D eigenvalue weighted by atomic mass is 10.3. The summed E-state index contributed by atoms with van der Waals surface area (Å²) >= 11 is 3.63. The quantitative estimate of drug-likeness (QED) is 0.910. The summed E-state index contributed by atoms with van der Waals surface area (Å²) in [7, 11) is 1.97. The highest BCUT2D eigenvalue weighted by Gasteiger charge is 2.14. The van der Waals surface area contributed by atoms with E-state index in [2.05, 4.69) is 37.5 Å². The number of imidazole rings is 1. The maximum atomic E-state index is 5.59. The van der Waals surface area contributed by atoms with E-state index in [1.54, 1.807) is 0 Å². The normalized spacial score (nSPS) is 11.1. The molecule has 98 valence electrons. The highest BCUT2D eigenvalue weighted by molar-refractivity contribution is 9.10. The molecule has 0 fully saturated rings. The third-order valence-corrected chi connectivity index (χ3v) is 3.91. The van der Waals surface area contributed by atoms with E-state index in [1.165, 1.54) is 0 Å². The van der Waals surface area contributed by atoms with E-state index in [-0.39, 0.29) is 0 Å². The molecule has 0 radical (unpaired) electrons. The van der Waals surface area contributed by atoms with E-state index in [4.69, 9.17) is 5.73 Å². The standard InChI is InChI=1S/C12H18BrN5/c1-3-9-12(13)10(17(2)16-9)8-18-7-6-15-11(18)4-5-14/h6-7H,3-5,8,14H2,1-2H3. The third-order valence-electron chi connectivity index (χ3n) is 2.99. The van der Waals surface area contributed by atoms with Gasteiger partial charge >= 0.3 is 0 Å². The smallest absolute Gasteiger partial charge is 0.110 e. The minimum absolute atomic E-state index is 0.615. The summed E-state index contributed by atoms with van der Waals surface area (Å²) in [6.45, 7) is 3.48. The number of nitrogens with two attached hydrogens (primary N) is 1. The lowest BCUT2D eigenvalue weighted by Gasteiger charge is -2.08. The van der Waals surface area contributed by atoms with Crippen molar-refractivity contribution in [2.45, 2.75) is 26.3 Å². The Morgan fingerprint density at radius 2 is 2.22 bits per heavy atom. The summed E-state index contributed by atoms with van der Waals surface area (Å²) < 4.78 is 5.14. The van der Waals surface area contributed by atoms with Gasteiger partial charge in [0.1, 0.15) is 5.82 Å². The van der Waals surface area contributed by atoms with Gasteiger partial charge in [-0.3, -0.25) is 4.68 Å². The first-order chi connectivity index (χ1) is 8.67. The van der Waals surface area contributed by atoms with E-state index < -0.39 is 0 Å². The Balaban J connectivity index is 2.28. The van der Waals surface area contributed by atoms with Gasteiger partial charge in [0, 0.05) is 25.9 Å². The monoisotopic (exact) mass is 311 g/mol. The Labute approximate surface area is 115 Å². The number of nitrogens with zero attached hydrogens (tertiary/aromatic N) is 4. The predicted octanol–water partition coefficient (Wildman–Crippen LogP) is 1.49. The van der Waals surface area contributed by atoms with Crippen LogP contribution in [0.3, 0.4) is 0 Å². The Hall–Kier alpha value is -1.14. The van der Waals surface area contributed by atoms with E-state index in [0.717, 1.165) is 41.1 Å². The van der Waals surface area contributed by atoms with E-state index in [9.17, 15) is 0 Å². The molecule has 2 aromatic heterocycles. The number of halogens is 1. The van der Waals surface area contributed by atoms with Crippen molar-refractivity contribution in [1.82, 2.24) is 19.3 Å². The van der Waals surface area contributed by atoms with Crippen LogP contribution >= 0.6 is 15.9 Å². The predicted molar refractivity (Wildman–Crippen MR) is 74.4 cm³/mol. The summed E-state index contributed by atoms with van der Waals surface area (Å²) in [5.74, 6) is 1.02. The van der Waals surface area contributed by atoms with Gasteiger partial charge in [-0.1, -0.05) is 6.92 Å². The summed E-state index contributed by atoms with van der Waals surface area (Å²) in [5.41, 5.74) is 7.83. The fraction of sp³-hybridized carbons (Fsp3) is 0.500. The number of rotatable bonds is 5. The average Bonchev–Trinajstić information content (AvgIpc) is 2.89. The van der Waals surface area contributed by atoms with Gasteiger partial charge in [-0.25, -0.2) is 4.98 Å². The summed E-state index contributed by atoms with van der Waals surface area (Å²) in [6, 6.07) is 0. The summed E-state index contributed by atoms with van der Waals surface area (Å²) in [4.78, 5) is 4.33. The van der Waals surface area contributed by atoms with Crippen LogP contribution in [0.4, 0.5) is 0 Å². The first-order valence-corrected chi connectivity index (χ1v) is 6.87. The molecule has 0 amide bonds. The molecule has 0 aliphatic rings. The maximum absolute atomic E-state index is 5.59. The van der Waals surface area contributed by atoms with Crippen LogP contribution in [0.1, 0.15) is 24.1 Å². The largest absolute Gasteiger partial charge is 0.330 e. The lowest BCUT2D eigenvalue weighted by Crippen LogP contribution is -2.12. The molecule has 2 N–H and O–H groups in total. The molecule has 0 unspecified atom stereocenters. The van der Waals surface area contributed by atoms with Gasteiger partial charge in [-0.15, -0.1) is 0 Å². The zero-order valence-electron chi connectivity index (χ0n) is 10.7. The molecular weight excluding hydrogens is 294 g/mol. The van der Waals surface area contributed by atoms with E-state index in [1.807, 2.05) is 24.1 Å². The molecule has 0 saturated carbocycles. The molecule has 0 spiro atoms. The van der Waals surface area contributed by atoms with Gasteiger partial charge in [0.15, 0.2) is 0 Å². The molecule has 0 bridgehead atoms. The van der Waals surface area contributed by atoms with Crippen LogP contribution in [0, 0.1) is 0 Å². The molecule has 2 heterocycles. The molecule has 0 aliphatic heterocycles. The van der Waals surface area contributed by atoms with Crippen LogP contribution in [-0.2, 0) is 26.4 Å². The second-order valence-corrected chi connectivity index (χ2v) is 4.99. The van der Waals surface area contributed by atoms with Crippen molar-refractivity contribution in [3.8, 4) is 0 Å². The molecule has 6 heteroatoms. The zero-order chi connectivity index (χ0) is 13.1. The summed E-state index contributed by atoms with van der Waals surface area (Å²) in [5, 5.41) is 4.50. The molecular formula is C12H18BrN5. The fourth-order valence-electron chi connectivity index (χ4n) is 1.99. The van der Waals surface area contributed by atoms with Gasteiger partial charge in [0.25, 0.3) is 0 Å². The number of aryl methyl sites for hydroxylation is 2. The van der Waals surface area contributed by atoms with Crippen molar-refractivity contribution in [3.05, 3.63) is 34.1 Å². The van der Waals surface area contributed by atoms with Crippen molar-refractivity contribution in [1.29, 1.82) is 0 Å². The second-order valence-electron chi connectivity index (χ2n) is 4.19. The van der Waals surface area contributed by atoms with Gasteiger partial charge < -0.3 is 10.3 Å². The SMILES string of the molecule is CCc1nn(C)c(Cn2ccnc2CCN)c1Br. The average molecular weight is 312 g/mol. The van der Waals surface area contributed by atoms with Crippen molar-refractivity contribution >= 4 is 15.9 Å². The van der Waals surface area contributed by atoms with Crippen LogP contribution in [0.5, 0.6) is 0 Å². The van der Waals surface area contributed by atoms with Crippen LogP contribution in [0.15, 0.2) is 16.9 Å². The van der Waals surface area contributed by atoms with Gasteiger partial charge in [0.05, 0.1) is 22.4 Å². The highest BCUT2D eigenvalue weighted by Crippen LogP contribution is 2.22. The minimum Gasteiger partial charge on any atom is -0.330 e. The molecule has 5 nitrogen and oxygen atoms in total. The molecule has 0 aliphatic carbocycles. The Bertz CT molecular complexity index is 529. The molecule has 2 rings (SSSR count). The van der Waals surface area contributed by atoms with Gasteiger partial charge in [-0.2, -0.15) is 5.10 Å². The van der Waals surface area contributed by atoms with Crippen LogP contribution < -0.4 is 5.73 Å². The molecule has 0 aromatic carbocycles. The minimum atomic E-state index is 0.615. The highest BCUT2D eigenvalue weighted by atomic mass is 79.9. The van der Waals surface area contributed by atoms with Gasteiger partial charge in [-0.05, 0) is 28.9 Å². The Kier molecular flexibility index (Phi) is 4.19. The molecule has 0 atom stereocenters. The zero-order valence-corrected chi connectivity index (χ0v) is 12.3. The van der Waals surface area contributed by atoms with Crippen molar-refractivity contribution < 1.29 is 0 Å². The van der Waals surface area contributed by atoms with Crippen LogP contribution in [0.2, 0.25) is 0 Å². The first kappa shape index (κ1) is 13.3. The lowest BCUT2D eigenvalue weighted by molar-refractivity contribution is 0.638. The fourth-order valence-corrected chi connectivity index (χ4v) is 2.74. The molecule has 18 heavy (non-hydrogen) atoms. The Morgan fingerprint density at radius 3 is 2.83 bits per heavy atom. The van der Waals surface area contributed by atoms with Crippen LogP contribution in [0.25, 0.3) is 0 Å². The van der Waals surface area contributed by atoms with Crippen LogP contribution in [-0.4, -0.2) is 25.9 Å². The topological polar surface area (TPSA) is 61.7 Å². The van der Waals surface area contributed by atoms with Gasteiger partial charge in [0.2, 0.25) is 0 Å². The van der Waals surface area contributed by atoms with Crippen molar-refractivity contribution in [2.75, 3.05) is 6.54 Å². The molecule has 0 saturated heterocycles. The number of hydrogen-bond acceptors (Lipinski definition) is 3. The van der Waals surface area contributed by atoms with Crippen molar-refractivity contribution in [2.24, 2.45) is 12.8 Å². The maximum Gasteiger partial charge on any atom is 0.110 e. The van der Waals surface area contributed by atoms with E-state index >= 15 is 0 Å². The number of hydrogen-bond donors (Lipinski definition) is 1. The molecule has 2 aromatic rings.